The van der Waals surface area contributed by atoms with Crippen molar-refractivity contribution in [3.05, 3.63) is 81.9 Å². The summed E-state index contributed by atoms with van der Waals surface area (Å²) in [5.41, 5.74) is 5.33. The van der Waals surface area contributed by atoms with E-state index in [1.165, 1.54) is 12.1 Å². The molecule has 1 saturated heterocycles. The molecule has 0 aromatic heterocycles. The van der Waals surface area contributed by atoms with Gasteiger partial charge >= 0.3 is 0 Å². The van der Waals surface area contributed by atoms with Gasteiger partial charge in [0, 0.05) is 28.7 Å². The van der Waals surface area contributed by atoms with Gasteiger partial charge in [0.25, 0.3) is 0 Å². The lowest BCUT2D eigenvalue weighted by Gasteiger charge is -2.39. The van der Waals surface area contributed by atoms with E-state index < -0.39 is 34.8 Å². The van der Waals surface area contributed by atoms with Crippen LogP contribution in [0.5, 0.6) is 11.5 Å². The molecule has 0 unspecified atom stereocenters. The summed E-state index contributed by atoms with van der Waals surface area (Å²) in [6, 6.07) is 12.9. The number of nitrogens with two attached hydrogens (primary N) is 1. The molecule has 0 radical (unpaired) electrons. The monoisotopic (exact) mass is 484 g/mol. The molecule has 0 bridgehead atoms. The summed E-state index contributed by atoms with van der Waals surface area (Å²) in [4.78, 5) is 12.2. The number of amides is 1. The van der Waals surface area contributed by atoms with Gasteiger partial charge < -0.3 is 20.9 Å². The van der Waals surface area contributed by atoms with Crippen molar-refractivity contribution >= 4 is 17.5 Å². The molecule has 8 heteroatoms. The van der Waals surface area contributed by atoms with Crippen LogP contribution in [0.4, 0.5) is 8.78 Å². The predicted molar refractivity (Wildman–Crippen MR) is 125 cm³/mol. The lowest BCUT2D eigenvalue weighted by Crippen LogP contribution is -2.50. The van der Waals surface area contributed by atoms with Crippen LogP contribution < -0.4 is 15.8 Å². The van der Waals surface area contributed by atoms with E-state index in [4.69, 9.17) is 22.1 Å². The maximum absolute atomic E-state index is 15.3. The summed E-state index contributed by atoms with van der Waals surface area (Å²) in [5.74, 6) is -3.77. The standard InChI is InChI=1S/C26H23ClF2N2O3/c1-13-20-18(34-26(13,19-8-5-11-31-19)14-6-3-2-4-7-14)12-16(28)23(27)22(20)21-15(25(30)33)9-10-17(32)24(21)29/h2-4,6-7,9-10,12-13,19,31-32H,5,8,11H2,1H3,(H2,30,33)/t13-,19-,26-/m0/s1. The Morgan fingerprint density at radius 2 is 1.94 bits per heavy atom. The molecule has 5 rings (SSSR count). The van der Waals surface area contributed by atoms with Gasteiger partial charge in [0.15, 0.2) is 17.2 Å². The zero-order chi connectivity index (χ0) is 24.2. The van der Waals surface area contributed by atoms with Crippen molar-refractivity contribution in [2.24, 2.45) is 5.73 Å². The van der Waals surface area contributed by atoms with Gasteiger partial charge in [-0.15, -0.1) is 0 Å². The zero-order valence-corrected chi connectivity index (χ0v) is 19.1. The third kappa shape index (κ3) is 3.18. The van der Waals surface area contributed by atoms with Gasteiger partial charge in [0.1, 0.15) is 11.6 Å². The molecule has 176 valence electrons. The number of halogens is 3. The quantitative estimate of drug-likeness (QED) is 0.473. The average Bonchev–Trinajstić information content (AvgIpc) is 3.45. The normalized spacial score (nSPS) is 23.5. The first kappa shape index (κ1) is 22.6. The average molecular weight is 485 g/mol. The molecule has 1 fully saturated rings. The molecule has 3 atom stereocenters. The van der Waals surface area contributed by atoms with Crippen molar-refractivity contribution in [1.82, 2.24) is 5.32 Å². The molecule has 2 aliphatic rings. The minimum atomic E-state index is -1.10. The van der Waals surface area contributed by atoms with Gasteiger partial charge in [-0.25, -0.2) is 8.78 Å². The number of rotatable bonds is 4. The minimum Gasteiger partial charge on any atom is -0.505 e. The first-order valence-corrected chi connectivity index (χ1v) is 11.5. The van der Waals surface area contributed by atoms with Crippen LogP contribution in [-0.4, -0.2) is 23.6 Å². The lowest BCUT2D eigenvalue weighted by atomic mass is 9.73. The SMILES string of the molecule is C[C@H]1c2c(cc(F)c(Cl)c2-c2c(C(N)=O)ccc(O)c2F)O[C@@]1(c1ccccc1)[C@@H]1CCCN1. The number of nitrogens with one attached hydrogen (secondary N) is 1. The van der Waals surface area contributed by atoms with Gasteiger partial charge in [0.05, 0.1) is 16.6 Å². The number of aromatic hydroxyl groups is 1. The van der Waals surface area contributed by atoms with E-state index in [1.807, 2.05) is 37.3 Å². The van der Waals surface area contributed by atoms with E-state index in [1.54, 1.807) is 0 Å². The Morgan fingerprint density at radius 1 is 1.21 bits per heavy atom. The van der Waals surface area contributed by atoms with Crippen LogP contribution in [0.1, 0.15) is 47.2 Å². The van der Waals surface area contributed by atoms with Crippen molar-refractivity contribution in [3.63, 3.8) is 0 Å². The number of carbonyl (C=O) groups is 1. The maximum Gasteiger partial charge on any atom is 0.249 e. The molecular formula is C26H23ClF2N2O3. The molecule has 0 spiro atoms. The molecule has 3 aromatic carbocycles. The van der Waals surface area contributed by atoms with Crippen molar-refractivity contribution in [2.45, 2.75) is 37.3 Å². The highest BCUT2D eigenvalue weighted by molar-refractivity contribution is 6.34. The molecule has 1 amide bonds. The number of carbonyl (C=O) groups excluding carboxylic acids is 1. The number of fused-ring (bicyclic) bond motifs is 1. The third-order valence-corrected chi connectivity index (χ3v) is 7.39. The first-order valence-electron chi connectivity index (χ1n) is 11.1. The van der Waals surface area contributed by atoms with Crippen LogP contribution in [0, 0.1) is 11.6 Å². The molecule has 3 aromatic rings. The summed E-state index contributed by atoms with van der Waals surface area (Å²) in [7, 11) is 0. The van der Waals surface area contributed by atoms with Gasteiger partial charge in [0.2, 0.25) is 5.91 Å². The Bertz CT molecular complexity index is 1300. The molecule has 2 heterocycles. The first-order chi connectivity index (χ1) is 16.3. The van der Waals surface area contributed by atoms with Crippen molar-refractivity contribution < 1.29 is 23.4 Å². The predicted octanol–water partition coefficient (Wildman–Crippen LogP) is 5.23. The number of phenols is 1. The highest BCUT2D eigenvalue weighted by atomic mass is 35.5. The zero-order valence-electron chi connectivity index (χ0n) is 18.4. The van der Waals surface area contributed by atoms with E-state index in [2.05, 4.69) is 5.32 Å². The van der Waals surface area contributed by atoms with Crippen LogP contribution >= 0.6 is 11.6 Å². The highest BCUT2D eigenvalue weighted by Crippen LogP contribution is 2.58. The Hall–Kier alpha value is -3.16. The molecule has 0 aliphatic carbocycles. The number of hydrogen-bond donors (Lipinski definition) is 3. The number of hydrogen-bond acceptors (Lipinski definition) is 4. The summed E-state index contributed by atoms with van der Waals surface area (Å²) in [5, 5.41) is 13.2. The fraction of sp³-hybridized carbons (Fsp3) is 0.269. The Balaban J connectivity index is 1.82. The Labute approximate surface area is 200 Å². The van der Waals surface area contributed by atoms with Crippen LogP contribution in [0.3, 0.4) is 0 Å². The smallest absolute Gasteiger partial charge is 0.249 e. The Kier molecular flexibility index (Phi) is 5.49. The van der Waals surface area contributed by atoms with E-state index in [0.29, 0.717) is 5.56 Å². The largest absolute Gasteiger partial charge is 0.505 e. The third-order valence-electron chi connectivity index (χ3n) is 7.02. The summed E-state index contributed by atoms with van der Waals surface area (Å²) in [6.45, 7) is 2.72. The second-order valence-corrected chi connectivity index (χ2v) is 9.15. The lowest BCUT2D eigenvalue weighted by molar-refractivity contribution is 0.0333. The molecule has 0 saturated carbocycles. The fourth-order valence-corrected chi connectivity index (χ4v) is 5.76. The van der Waals surface area contributed by atoms with Crippen LogP contribution in [-0.2, 0) is 5.60 Å². The van der Waals surface area contributed by atoms with E-state index >= 15 is 8.78 Å². The number of primary amides is 1. The van der Waals surface area contributed by atoms with E-state index in [-0.39, 0.29) is 33.5 Å². The van der Waals surface area contributed by atoms with Crippen LogP contribution in [0.15, 0.2) is 48.5 Å². The van der Waals surface area contributed by atoms with E-state index in [9.17, 15) is 9.90 Å². The highest BCUT2D eigenvalue weighted by Gasteiger charge is 2.55. The van der Waals surface area contributed by atoms with Crippen LogP contribution in [0.25, 0.3) is 11.1 Å². The van der Waals surface area contributed by atoms with Crippen molar-refractivity contribution in [1.29, 1.82) is 0 Å². The van der Waals surface area contributed by atoms with E-state index in [0.717, 1.165) is 31.0 Å². The van der Waals surface area contributed by atoms with Gasteiger partial charge in [-0.2, -0.15) is 0 Å². The van der Waals surface area contributed by atoms with Crippen LogP contribution in [0.2, 0.25) is 5.02 Å². The van der Waals surface area contributed by atoms with Crippen molar-refractivity contribution in [3.8, 4) is 22.6 Å². The van der Waals surface area contributed by atoms with Crippen molar-refractivity contribution in [2.75, 3.05) is 6.54 Å². The topological polar surface area (TPSA) is 84.6 Å². The second-order valence-electron chi connectivity index (χ2n) is 8.78. The summed E-state index contributed by atoms with van der Waals surface area (Å²) in [6.07, 6.45) is 1.77. The van der Waals surface area contributed by atoms with Gasteiger partial charge in [-0.05, 0) is 37.1 Å². The molecule has 5 nitrogen and oxygen atoms in total. The van der Waals surface area contributed by atoms with Gasteiger partial charge in [-0.3, -0.25) is 4.79 Å². The van der Waals surface area contributed by atoms with Gasteiger partial charge in [-0.1, -0.05) is 48.9 Å². The number of ether oxygens (including phenoxy) is 1. The second kappa shape index (κ2) is 8.25. The maximum atomic E-state index is 15.3. The summed E-state index contributed by atoms with van der Waals surface area (Å²) >= 11 is 6.43. The fourth-order valence-electron chi connectivity index (χ4n) is 5.51. The molecule has 4 N–H and O–H groups in total. The number of phenolic OH excluding ortho intramolecular Hbond substituents is 1. The summed E-state index contributed by atoms with van der Waals surface area (Å²) < 4.78 is 37.0. The molecular weight excluding hydrogens is 462 g/mol. The molecule has 34 heavy (non-hydrogen) atoms. The Morgan fingerprint density at radius 3 is 2.59 bits per heavy atom. The number of benzene rings is 3. The minimum absolute atomic E-state index is 0.0397. The molecule has 2 aliphatic heterocycles.